The third-order valence-electron chi connectivity index (χ3n) is 6.55. The quantitative estimate of drug-likeness (QED) is 0.469. The van der Waals surface area contributed by atoms with Crippen LogP contribution in [0.25, 0.3) is 11.0 Å². The van der Waals surface area contributed by atoms with Crippen LogP contribution < -0.4 is 0 Å². The maximum Gasteiger partial charge on any atom is 0.272 e. The maximum atomic E-state index is 14.6. The second-order valence-electron chi connectivity index (χ2n) is 8.84. The Balaban J connectivity index is 1.66. The minimum absolute atomic E-state index is 0.308. The van der Waals surface area contributed by atoms with Crippen molar-refractivity contribution in [3.8, 4) is 0 Å². The molecule has 0 unspecified atom stereocenters. The predicted octanol–water partition coefficient (Wildman–Crippen LogP) is 6.40. The van der Waals surface area contributed by atoms with Gasteiger partial charge in [0.1, 0.15) is 17.0 Å². The number of fused-ring (bicyclic) bond motifs is 1. The number of aromatic nitrogens is 2. The van der Waals surface area contributed by atoms with E-state index >= 15 is 0 Å². The molecule has 0 atom stereocenters. The van der Waals surface area contributed by atoms with Crippen molar-refractivity contribution in [3.63, 3.8) is 0 Å². The molecule has 166 valence electrons. The molecule has 0 saturated heterocycles. The first-order chi connectivity index (χ1) is 15.0. The summed E-state index contributed by atoms with van der Waals surface area (Å²) in [7, 11) is -4.07. The highest BCUT2D eigenvalue weighted by Gasteiger charge is 2.25. The van der Waals surface area contributed by atoms with Crippen LogP contribution in [0.15, 0.2) is 47.6 Å². The van der Waals surface area contributed by atoms with Crippen LogP contribution in [0.2, 0.25) is 0 Å². The molecule has 2 aromatic carbocycles. The summed E-state index contributed by atoms with van der Waals surface area (Å²) in [5.74, 6) is -0.110. The molecule has 1 aromatic heterocycles. The lowest BCUT2D eigenvalue weighted by molar-refractivity contribution is 0.387. The Kier molecular flexibility index (Phi) is 6.75. The standard InChI is InChI=1S/C25H31FN2O2S/c1-19-11-9-16-23(24(19)26)31(29,30)28-18-27-25-21(14-10-15-22(25)28)17-20-12-7-5-3-2-4-6-8-13-20/h9-11,14-16,18,20H,2-8,12-13,17H2,1H3. The number of aryl methyl sites for hydroxylation is 1. The van der Waals surface area contributed by atoms with Crippen LogP contribution in [0.3, 0.4) is 0 Å². The summed E-state index contributed by atoms with van der Waals surface area (Å²) in [6.45, 7) is 1.57. The number of para-hydroxylation sites is 1. The fraction of sp³-hybridized carbons (Fsp3) is 0.480. The average Bonchev–Trinajstić information content (AvgIpc) is 3.20. The molecular formula is C25H31FN2O2S. The van der Waals surface area contributed by atoms with E-state index in [-0.39, 0.29) is 4.90 Å². The number of hydrogen-bond donors (Lipinski definition) is 0. The van der Waals surface area contributed by atoms with Crippen molar-refractivity contribution in [1.29, 1.82) is 0 Å². The number of halogens is 1. The maximum absolute atomic E-state index is 14.6. The summed E-state index contributed by atoms with van der Waals surface area (Å²) >= 11 is 0. The van der Waals surface area contributed by atoms with E-state index in [2.05, 4.69) is 11.1 Å². The average molecular weight is 443 g/mol. The van der Waals surface area contributed by atoms with Crippen molar-refractivity contribution in [2.24, 2.45) is 5.92 Å². The number of nitrogens with zero attached hydrogens (tertiary/aromatic N) is 2. The van der Waals surface area contributed by atoms with Gasteiger partial charge in [-0.15, -0.1) is 0 Å². The van der Waals surface area contributed by atoms with E-state index in [4.69, 9.17) is 0 Å². The molecule has 1 saturated carbocycles. The van der Waals surface area contributed by atoms with Gasteiger partial charge in [0, 0.05) is 0 Å². The molecule has 4 nitrogen and oxygen atoms in total. The number of hydrogen-bond acceptors (Lipinski definition) is 3. The second kappa shape index (κ2) is 9.51. The summed E-state index contributed by atoms with van der Waals surface area (Å²) in [6.07, 6.45) is 13.8. The molecule has 1 aliphatic rings. The van der Waals surface area contributed by atoms with Crippen molar-refractivity contribution >= 4 is 21.1 Å². The largest absolute Gasteiger partial charge is 0.272 e. The normalized spacial score (nSPS) is 17.1. The van der Waals surface area contributed by atoms with Crippen molar-refractivity contribution in [1.82, 2.24) is 8.96 Å². The third kappa shape index (κ3) is 4.69. The van der Waals surface area contributed by atoms with Gasteiger partial charge in [0.25, 0.3) is 10.0 Å². The monoisotopic (exact) mass is 442 g/mol. The van der Waals surface area contributed by atoms with Gasteiger partial charge in [-0.05, 0) is 42.5 Å². The molecule has 31 heavy (non-hydrogen) atoms. The number of imidazole rings is 1. The van der Waals surface area contributed by atoms with Crippen molar-refractivity contribution < 1.29 is 12.8 Å². The Morgan fingerprint density at radius 3 is 2.32 bits per heavy atom. The van der Waals surface area contributed by atoms with Crippen molar-refractivity contribution in [2.45, 2.75) is 76.0 Å². The van der Waals surface area contributed by atoms with Crippen molar-refractivity contribution in [2.75, 3.05) is 0 Å². The van der Waals surface area contributed by atoms with Gasteiger partial charge in [-0.25, -0.2) is 21.8 Å². The van der Waals surface area contributed by atoms with Crippen LogP contribution in [0, 0.1) is 18.7 Å². The zero-order valence-electron chi connectivity index (χ0n) is 18.2. The first-order valence-electron chi connectivity index (χ1n) is 11.4. The molecular weight excluding hydrogens is 411 g/mol. The van der Waals surface area contributed by atoms with Crippen LogP contribution in [-0.4, -0.2) is 17.4 Å². The van der Waals surface area contributed by atoms with Gasteiger partial charge in [0.05, 0.1) is 11.0 Å². The molecule has 0 radical (unpaired) electrons. The van der Waals surface area contributed by atoms with E-state index in [0.717, 1.165) is 16.0 Å². The topological polar surface area (TPSA) is 52.0 Å². The van der Waals surface area contributed by atoms with E-state index in [1.54, 1.807) is 25.1 Å². The number of rotatable bonds is 4. The van der Waals surface area contributed by atoms with Crippen LogP contribution >= 0.6 is 0 Å². The fourth-order valence-corrected chi connectivity index (χ4v) is 6.20. The molecule has 3 aromatic rings. The molecule has 1 heterocycles. The zero-order valence-corrected chi connectivity index (χ0v) is 19.0. The van der Waals surface area contributed by atoms with Crippen LogP contribution in [0.5, 0.6) is 0 Å². The molecule has 6 heteroatoms. The van der Waals surface area contributed by atoms with E-state index in [0.29, 0.717) is 22.5 Å². The molecule has 0 amide bonds. The lowest BCUT2D eigenvalue weighted by Gasteiger charge is -2.19. The Hall–Kier alpha value is -2.21. The van der Waals surface area contributed by atoms with Crippen LogP contribution in [0.4, 0.5) is 4.39 Å². The third-order valence-corrected chi connectivity index (χ3v) is 8.23. The fourth-order valence-electron chi connectivity index (χ4n) is 4.77. The molecule has 4 rings (SSSR count). The van der Waals surface area contributed by atoms with Gasteiger partial charge < -0.3 is 0 Å². The highest BCUT2D eigenvalue weighted by Crippen LogP contribution is 2.29. The Morgan fingerprint density at radius 2 is 1.61 bits per heavy atom. The molecule has 1 aliphatic carbocycles. The van der Waals surface area contributed by atoms with Crippen LogP contribution in [-0.2, 0) is 16.4 Å². The molecule has 0 N–H and O–H groups in total. The molecule has 0 bridgehead atoms. The lowest BCUT2D eigenvalue weighted by Crippen LogP contribution is -2.14. The highest BCUT2D eigenvalue weighted by atomic mass is 32.2. The second-order valence-corrected chi connectivity index (χ2v) is 10.6. The van der Waals surface area contributed by atoms with E-state index < -0.39 is 15.8 Å². The molecule has 0 aliphatic heterocycles. The summed E-state index contributed by atoms with van der Waals surface area (Å²) in [6, 6.07) is 10.1. The van der Waals surface area contributed by atoms with Gasteiger partial charge in [-0.3, -0.25) is 0 Å². The molecule has 0 spiro atoms. The first-order valence-corrected chi connectivity index (χ1v) is 12.9. The Morgan fingerprint density at radius 1 is 0.968 bits per heavy atom. The van der Waals surface area contributed by atoms with Gasteiger partial charge in [-0.1, -0.05) is 82.1 Å². The highest BCUT2D eigenvalue weighted by molar-refractivity contribution is 7.90. The summed E-state index contributed by atoms with van der Waals surface area (Å²) < 4.78 is 42.2. The molecule has 1 fully saturated rings. The van der Waals surface area contributed by atoms with Gasteiger partial charge in [0.15, 0.2) is 0 Å². The number of benzene rings is 2. The first kappa shape index (κ1) is 22.0. The summed E-state index contributed by atoms with van der Waals surface area (Å²) in [5, 5.41) is 0. The zero-order chi connectivity index (χ0) is 21.8. The van der Waals surface area contributed by atoms with Crippen molar-refractivity contribution in [3.05, 3.63) is 59.7 Å². The SMILES string of the molecule is Cc1cccc(S(=O)(=O)n2cnc3c(CC4CCCCCCCCC4)cccc32)c1F. The van der Waals surface area contributed by atoms with E-state index in [9.17, 15) is 12.8 Å². The smallest absolute Gasteiger partial charge is 0.235 e. The lowest BCUT2D eigenvalue weighted by atomic mass is 9.87. The van der Waals surface area contributed by atoms with E-state index in [1.165, 1.54) is 70.2 Å². The Bertz CT molecular complexity index is 1140. The minimum Gasteiger partial charge on any atom is -0.235 e. The Labute approximate surface area is 184 Å². The minimum atomic E-state index is -4.07. The van der Waals surface area contributed by atoms with Gasteiger partial charge in [0.2, 0.25) is 0 Å². The van der Waals surface area contributed by atoms with Gasteiger partial charge >= 0.3 is 0 Å². The predicted molar refractivity (Wildman–Crippen MR) is 122 cm³/mol. The summed E-state index contributed by atoms with van der Waals surface area (Å²) in [4.78, 5) is 4.15. The van der Waals surface area contributed by atoms with E-state index in [1.807, 2.05) is 6.07 Å². The van der Waals surface area contributed by atoms with Gasteiger partial charge in [-0.2, -0.15) is 0 Å². The summed E-state index contributed by atoms with van der Waals surface area (Å²) in [5.41, 5.74) is 2.61. The van der Waals surface area contributed by atoms with Crippen LogP contribution in [0.1, 0.15) is 68.9 Å².